The number of rotatable bonds is 4. The highest BCUT2D eigenvalue weighted by Crippen LogP contribution is 2.19. The van der Waals surface area contributed by atoms with Crippen LogP contribution in [0.25, 0.3) is 0 Å². The number of nitrogens with two attached hydrogens (primary N) is 1. The van der Waals surface area contributed by atoms with E-state index in [4.69, 9.17) is 15.9 Å². The number of hydrogen-bond acceptors (Lipinski definition) is 4. The van der Waals surface area contributed by atoms with Crippen LogP contribution in [-0.4, -0.2) is 17.1 Å². The van der Waals surface area contributed by atoms with Crippen LogP contribution in [0.2, 0.25) is 0 Å². The van der Waals surface area contributed by atoms with Crippen molar-refractivity contribution >= 4 is 12.1 Å². The Balaban J connectivity index is 2.12. The third kappa shape index (κ3) is 2.70. The minimum atomic E-state index is -0.477. The molecule has 0 saturated carbocycles. The lowest BCUT2D eigenvalue weighted by atomic mass is 10.2. The third-order valence-electron chi connectivity index (χ3n) is 2.29. The Morgan fingerprint density at radius 3 is 2.44 bits per heavy atom. The second-order valence-corrected chi connectivity index (χ2v) is 3.56. The van der Waals surface area contributed by atoms with E-state index in [1.807, 2.05) is 0 Å². The highest BCUT2D eigenvalue weighted by atomic mass is 16.5. The number of nitrogens with one attached hydrogen (secondary N) is 1. The summed E-state index contributed by atoms with van der Waals surface area (Å²) < 4.78 is 5.47. The van der Waals surface area contributed by atoms with Crippen molar-refractivity contribution in [2.45, 2.75) is 0 Å². The van der Waals surface area contributed by atoms with Gasteiger partial charge in [-0.1, -0.05) is 0 Å². The summed E-state index contributed by atoms with van der Waals surface area (Å²) in [5, 5.41) is 7.05. The molecule has 2 rings (SSSR count). The van der Waals surface area contributed by atoms with Crippen LogP contribution in [0.15, 0.2) is 42.6 Å². The van der Waals surface area contributed by atoms with Crippen LogP contribution >= 0.6 is 0 Å². The van der Waals surface area contributed by atoms with Crippen molar-refractivity contribution in [3.8, 4) is 11.6 Å². The molecule has 0 aliphatic carbocycles. The van der Waals surface area contributed by atoms with Gasteiger partial charge >= 0.3 is 0 Å². The number of carbonyl (C=O) groups is 1. The van der Waals surface area contributed by atoms with Crippen LogP contribution in [0.5, 0.6) is 11.6 Å². The number of amides is 1. The van der Waals surface area contributed by atoms with Gasteiger partial charge in [0.2, 0.25) is 11.8 Å². The van der Waals surface area contributed by atoms with E-state index in [1.165, 1.54) is 6.21 Å². The molecule has 1 amide bonds. The van der Waals surface area contributed by atoms with Gasteiger partial charge in [0.1, 0.15) is 5.75 Å². The summed E-state index contributed by atoms with van der Waals surface area (Å²) in [5.41, 5.74) is 6.26. The quantitative estimate of drug-likeness (QED) is 0.802. The van der Waals surface area contributed by atoms with Crippen LogP contribution < -0.4 is 10.5 Å². The molecule has 3 N–H and O–H groups in total. The number of pyridine rings is 1. The lowest BCUT2D eigenvalue weighted by Crippen LogP contribution is -2.10. The Morgan fingerprint density at radius 1 is 1.22 bits per heavy atom. The zero-order valence-electron chi connectivity index (χ0n) is 9.46. The summed E-state index contributed by atoms with van der Waals surface area (Å²) >= 11 is 0. The summed E-state index contributed by atoms with van der Waals surface area (Å²) in [5.74, 6) is 0.512. The molecule has 0 aliphatic heterocycles. The molecule has 1 aromatic carbocycles. The standard InChI is InChI=1S/C13H11N3O2/c14-7-9-1-6-12(16-8-9)18-11-4-2-10(3-5-11)13(15)17/h1-8,14H,(H2,15,17). The SMILES string of the molecule is N=Cc1ccc(Oc2ccc(C(N)=O)cc2)nc1. The summed E-state index contributed by atoms with van der Waals surface area (Å²) in [6.07, 6.45) is 2.75. The van der Waals surface area contributed by atoms with Gasteiger partial charge < -0.3 is 15.9 Å². The maximum absolute atomic E-state index is 10.9. The van der Waals surface area contributed by atoms with E-state index in [1.54, 1.807) is 42.6 Å². The monoisotopic (exact) mass is 241 g/mol. The molecule has 1 aromatic heterocycles. The summed E-state index contributed by atoms with van der Waals surface area (Å²) in [6.45, 7) is 0. The van der Waals surface area contributed by atoms with Gasteiger partial charge in [0.25, 0.3) is 0 Å². The molecule has 0 bridgehead atoms. The molecule has 2 aromatic rings. The molecule has 0 atom stereocenters. The minimum absolute atomic E-state index is 0.424. The lowest BCUT2D eigenvalue weighted by Gasteiger charge is -2.05. The minimum Gasteiger partial charge on any atom is -0.439 e. The molecule has 90 valence electrons. The van der Waals surface area contributed by atoms with E-state index in [-0.39, 0.29) is 0 Å². The second-order valence-electron chi connectivity index (χ2n) is 3.56. The highest BCUT2D eigenvalue weighted by molar-refractivity contribution is 5.92. The number of hydrogen-bond donors (Lipinski definition) is 2. The normalized spacial score (nSPS) is 9.78. The van der Waals surface area contributed by atoms with Gasteiger partial charge in [-0.05, 0) is 30.3 Å². The highest BCUT2D eigenvalue weighted by Gasteiger charge is 2.02. The van der Waals surface area contributed by atoms with Crippen molar-refractivity contribution in [1.82, 2.24) is 4.98 Å². The number of ether oxygens (including phenoxy) is 1. The van der Waals surface area contributed by atoms with E-state index >= 15 is 0 Å². The van der Waals surface area contributed by atoms with Crippen LogP contribution in [-0.2, 0) is 0 Å². The van der Waals surface area contributed by atoms with E-state index in [0.29, 0.717) is 22.8 Å². The Kier molecular flexibility index (Phi) is 3.33. The maximum Gasteiger partial charge on any atom is 0.248 e. The number of benzene rings is 1. The Labute approximate surface area is 104 Å². The first-order valence-electron chi connectivity index (χ1n) is 5.23. The molecule has 0 fully saturated rings. The first-order valence-corrected chi connectivity index (χ1v) is 5.23. The Morgan fingerprint density at radius 2 is 1.94 bits per heavy atom. The molecule has 18 heavy (non-hydrogen) atoms. The number of primary amides is 1. The fourth-order valence-electron chi connectivity index (χ4n) is 1.35. The fourth-order valence-corrected chi connectivity index (χ4v) is 1.35. The van der Waals surface area contributed by atoms with Gasteiger partial charge in [-0.3, -0.25) is 4.79 Å². The molecule has 5 heteroatoms. The zero-order valence-corrected chi connectivity index (χ0v) is 9.46. The Bertz CT molecular complexity index is 562. The van der Waals surface area contributed by atoms with Gasteiger partial charge in [-0.15, -0.1) is 0 Å². The van der Waals surface area contributed by atoms with Gasteiger partial charge in [0.05, 0.1) is 0 Å². The summed E-state index contributed by atoms with van der Waals surface area (Å²) in [7, 11) is 0. The van der Waals surface area contributed by atoms with E-state index in [2.05, 4.69) is 4.98 Å². The van der Waals surface area contributed by atoms with E-state index in [9.17, 15) is 4.79 Å². The summed E-state index contributed by atoms with van der Waals surface area (Å²) in [6, 6.07) is 9.86. The zero-order chi connectivity index (χ0) is 13.0. The third-order valence-corrected chi connectivity index (χ3v) is 2.29. The molecular formula is C13H11N3O2. The van der Waals surface area contributed by atoms with Gasteiger partial charge in [0.15, 0.2) is 0 Å². The predicted molar refractivity (Wildman–Crippen MR) is 67.2 cm³/mol. The van der Waals surface area contributed by atoms with Crippen LogP contribution in [0.3, 0.4) is 0 Å². The first kappa shape index (κ1) is 11.8. The van der Waals surface area contributed by atoms with Gasteiger partial charge in [-0.2, -0.15) is 0 Å². The van der Waals surface area contributed by atoms with Crippen LogP contribution in [0, 0.1) is 5.41 Å². The Hall–Kier alpha value is -2.69. The summed E-state index contributed by atoms with van der Waals surface area (Å²) in [4.78, 5) is 14.9. The average Bonchev–Trinajstić information content (AvgIpc) is 2.40. The van der Waals surface area contributed by atoms with Crippen molar-refractivity contribution in [2.75, 3.05) is 0 Å². The predicted octanol–water partition coefficient (Wildman–Crippen LogP) is 1.97. The first-order chi connectivity index (χ1) is 8.69. The van der Waals surface area contributed by atoms with Crippen LogP contribution in [0.1, 0.15) is 15.9 Å². The average molecular weight is 241 g/mol. The van der Waals surface area contributed by atoms with Crippen molar-refractivity contribution in [3.05, 3.63) is 53.7 Å². The van der Waals surface area contributed by atoms with Crippen molar-refractivity contribution < 1.29 is 9.53 Å². The molecule has 0 radical (unpaired) electrons. The van der Waals surface area contributed by atoms with Gasteiger partial charge in [-0.25, -0.2) is 4.98 Å². The lowest BCUT2D eigenvalue weighted by molar-refractivity contribution is 0.100. The van der Waals surface area contributed by atoms with Crippen molar-refractivity contribution in [1.29, 1.82) is 5.41 Å². The molecular weight excluding hydrogens is 230 g/mol. The van der Waals surface area contributed by atoms with E-state index in [0.717, 1.165) is 0 Å². The van der Waals surface area contributed by atoms with Crippen molar-refractivity contribution in [3.63, 3.8) is 0 Å². The second kappa shape index (κ2) is 5.09. The molecule has 0 spiro atoms. The molecule has 0 saturated heterocycles. The maximum atomic E-state index is 10.9. The van der Waals surface area contributed by atoms with Crippen LogP contribution in [0.4, 0.5) is 0 Å². The molecule has 1 heterocycles. The fraction of sp³-hybridized carbons (Fsp3) is 0. The number of aromatic nitrogens is 1. The molecule has 0 aliphatic rings. The van der Waals surface area contributed by atoms with E-state index < -0.39 is 5.91 Å². The molecule has 0 unspecified atom stereocenters. The van der Waals surface area contributed by atoms with Crippen molar-refractivity contribution in [2.24, 2.45) is 5.73 Å². The number of nitrogens with zero attached hydrogens (tertiary/aromatic N) is 1. The number of carbonyl (C=O) groups excluding carboxylic acids is 1. The molecule has 5 nitrogen and oxygen atoms in total. The smallest absolute Gasteiger partial charge is 0.248 e. The topological polar surface area (TPSA) is 89.1 Å². The van der Waals surface area contributed by atoms with Gasteiger partial charge in [0, 0.05) is 29.6 Å². The largest absolute Gasteiger partial charge is 0.439 e.